The first-order chi connectivity index (χ1) is 9.00. The van der Waals surface area contributed by atoms with Crippen LogP contribution in [-0.4, -0.2) is 48.3 Å². The second-order valence-electron chi connectivity index (χ2n) is 4.37. The van der Waals surface area contributed by atoms with E-state index in [9.17, 15) is 21.6 Å². The zero-order chi connectivity index (χ0) is 15.7. The van der Waals surface area contributed by atoms with Crippen molar-refractivity contribution in [3.63, 3.8) is 0 Å². The zero-order valence-corrected chi connectivity index (χ0v) is 12.2. The fourth-order valence-electron chi connectivity index (χ4n) is 1.88. The fraction of sp³-hybridized carbons (Fsp3) is 0.700. The summed E-state index contributed by atoms with van der Waals surface area (Å²) in [6, 6.07) is 0. The van der Waals surface area contributed by atoms with Crippen LogP contribution in [0.25, 0.3) is 0 Å². The average Bonchev–Trinajstić information content (AvgIpc) is 2.50. The van der Waals surface area contributed by atoms with Gasteiger partial charge in [-0.15, -0.1) is 0 Å². The highest BCUT2D eigenvalue weighted by molar-refractivity contribution is 7.89. The molecule has 0 aromatic carbocycles. The summed E-state index contributed by atoms with van der Waals surface area (Å²) in [5, 5.41) is 3.91. The lowest BCUT2D eigenvalue weighted by molar-refractivity contribution is -0.136. The number of sulfonamides is 1. The van der Waals surface area contributed by atoms with Crippen molar-refractivity contribution in [2.24, 2.45) is 12.8 Å². The molecule has 1 rings (SSSR count). The molecule has 0 aliphatic carbocycles. The molecule has 0 atom stereocenters. The Morgan fingerprint density at radius 1 is 1.35 bits per heavy atom. The first-order valence-corrected chi connectivity index (χ1v) is 7.22. The van der Waals surface area contributed by atoms with E-state index in [4.69, 9.17) is 5.73 Å². The predicted octanol–water partition coefficient (Wildman–Crippen LogP) is 0.549. The van der Waals surface area contributed by atoms with Crippen molar-refractivity contribution in [1.29, 1.82) is 0 Å². The van der Waals surface area contributed by atoms with Gasteiger partial charge in [0.2, 0.25) is 10.0 Å². The molecule has 0 aliphatic rings. The van der Waals surface area contributed by atoms with Crippen molar-refractivity contribution < 1.29 is 21.6 Å². The third kappa shape index (κ3) is 3.49. The van der Waals surface area contributed by atoms with E-state index >= 15 is 0 Å². The molecule has 116 valence electrons. The third-order valence-corrected chi connectivity index (χ3v) is 4.87. The maximum absolute atomic E-state index is 12.5. The van der Waals surface area contributed by atoms with Crippen molar-refractivity contribution in [2.45, 2.75) is 24.9 Å². The van der Waals surface area contributed by atoms with E-state index in [0.717, 1.165) is 0 Å². The topological polar surface area (TPSA) is 81.2 Å². The van der Waals surface area contributed by atoms with Gasteiger partial charge in [-0.1, -0.05) is 0 Å². The Hall–Kier alpha value is -1.13. The van der Waals surface area contributed by atoms with Gasteiger partial charge in [-0.2, -0.15) is 22.6 Å². The van der Waals surface area contributed by atoms with Crippen molar-refractivity contribution in [2.75, 3.05) is 19.6 Å². The quantitative estimate of drug-likeness (QED) is 0.860. The second kappa shape index (κ2) is 5.70. The Morgan fingerprint density at radius 3 is 2.25 bits per heavy atom. The minimum atomic E-state index is -4.63. The maximum Gasteiger partial charge on any atom is 0.402 e. The number of rotatable bonds is 5. The molecular formula is C10H17F3N4O2S. The molecule has 0 aliphatic heterocycles. The molecule has 1 aromatic rings. The highest BCUT2D eigenvalue weighted by atomic mass is 32.2. The number of hydrogen-bond donors (Lipinski definition) is 1. The molecule has 0 bridgehead atoms. The molecule has 0 radical (unpaired) electrons. The summed E-state index contributed by atoms with van der Waals surface area (Å²) in [6.07, 6.45) is -4.63. The summed E-state index contributed by atoms with van der Waals surface area (Å²) >= 11 is 0. The van der Waals surface area contributed by atoms with E-state index in [1.807, 2.05) is 0 Å². The summed E-state index contributed by atoms with van der Waals surface area (Å²) in [5.74, 6) is 0. The number of alkyl halides is 3. The second-order valence-corrected chi connectivity index (χ2v) is 6.24. The van der Waals surface area contributed by atoms with Gasteiger partial charge in [-0.25, -0.2) is 8.42 Å². The van der Waals surface area contributed by atoms with Crippen LogP contribution >= 0.6 is 0 Å². The molecule has 0 saturated carbocycles. The molecule has 6 nitrogen and oxygen atoms in total. The van der Waals surface area contributed by atoms with Gasteiger partial charge < -0.3 is 5.73 Å². The van der Waals surface area contributed by atoms with E-state index < -0.39 is 29.3 Å². The van der Waals surface area contributed by atoms with E-state index in [1.165, 1.54) is 25.6 Å². The van der Waals surface area contributed by atoms with Crippen LogP contribution in [-0.2, 0) is 17.1 Å². The normalized spacial score (nSPS) is 13.2. The monoisotopic (exact) mass is 314 g/mol. The number of halogens is 3. The lowest BCUT2D eigenvalue weighted by Crippen LogP contribution is -2.42. The van der Waals surface area contributed by atoms with Gasteiger partial charge in [-0.3, -0.25) is 4.68 Å². The number of aromatic nitrogens is 2. The lowest BCUT2D eigenvalue weighted by Gasteiger charge is -2.22. The van der Waals surface area contributed by atoms with E-state index in [1.54, 1.807) is 0 Å². The van der Waals surface area contributed by atoms with Crippen LogP contribution in [0.5, 0.6) is 0 Å². The van der Waals surface area contributed by atoms with Gasteiger partial charge in [-0.05, 0) is 13.8 Å². The third-order valence-electron chi connectivity index (χ3n) is 2.77. The first-order valence-electron chi connectivity index (χ1n) is 5.78. The molecule has 0 fully saturated rings. The Morgan fingerprint density at radius 2 is 1.90 bits per heavy atom. The van der Waals surface area contributed by atoms with Crippen molar-refractivity contribution in [3.8, 4) is 0 Å². The van der Waals surface area contributed by atoms with Crippen molar-refractivity contribution in [1.82, 2.24) is 14.1 Å². The average molecular weight is 314 g/mol. The van der Waals surface area contributed by atoms with Gasteiger partial charge in [0.25, 0.3) is 0 Å². The molecule has 0 unspecified atom stereocenters. The molecule has 0 saturated heterocycles. The minimum Gasteiger partial charge on any atom is -0.329 e. The van der Waals surface area contributed by atoms with Crippen LogP contribution in [0.4, 0.5) is 13.2 Å². The standard InChI is InChI=1S/C10H17F3N4O2S/c1-7-9(8(2)16(3)15-7)20(18,19)17(5-4-14)6-10(11,12)13/h4-6,14H2,1-3H3. The Balaban J connectivity index is 3.30. The predicted molar refractivity (Wildman–Crippen MR) is 66.6 cm³/mol. The molecule has 0 amide bonds. The number of nitrogens with zero attached hydrogens (tertiary/aromatic N) is 3. The number of nitrogens with two attached hydrogens (primary N) is 1. The smallest absolute Gasteiger partial charge is 0.329 e. The van der Waals surface area contributed by atoms with E-state index in [2.05, 4.69) is 5.10 Å². The summed E-state index contributed by atoms with van der Waals surface area (Å²) in [7, 11) is -2.76. The van der Waals surface area contributed by atoms with Crippen LogP contribution in [0.1, 0.15) is 11.4 Å². The van der Waals surface area contributed by atoms with Gasteiger partial charge >= 0.3 is 6.18 Å². The highest BCUT2D eigenvalue weighted by Crippen LogP contribution is 2.26. The van der Waals surface area contributed by atoms with Crippen LogP contribution in [0.3, 0.4) is 0 Å². The largest absolute Gasteiger partial charge is 0.402 e. The molecule has 0 spiro atoms. The number of hydrogen-bond acceptors (Lipinski definition) is 4. The van der Waals surface area contributed by atoms with Gasteiger partial charge in [0.15, 0.2) is 0 Å². The maximum atomic E-state index is 12.5. The molecule has 2 N–H and O–H groups in total. The van der Waals surface area contributed by atoms with Crippen LogP contribution in [0.2, 0.25) is 0 Å². The Kier molecular flexibility index (Phi) is 4.82. The molecule has 1 heterocycles. The first kappa shape index (κ1) is 16.9. The molecule has 10 heteroatoms. The Bertz CT molecular complexity index is 580. The summed E-state index contributed by atoms with van der Waals surface area (Å²) in [6.45, 7) is 0.749. The van der Waals surface area contributed by atoms with Crippen LogP contribution in [0, 0.1) is 13.8 Å². The SMILES string of the molecule is Cc1nn(C)c(C)c1S(=O)(=O)N(CCN)CC(F)(F)F. The highest BCUT2D eigenvalue weighted by Gasteiger charge is 2.38. The van der Waals surface area contributed by atoms with Gasteiger partial charge in [0.1, 0.15) is 11.4 Å². The lowest BCUT2D eigenvalue weighted by atomic mass is 10.4. The zero-order valence-electron chi connectivity index (χ0n) is 11.4. The van der Waals surface area contributed by atoms with Crippen molar-refractivity contribution in [3.05, 3.63) is 11.4 Å². The summed E-state index contributed by atoms with van der Waals surface area (Å²) in [4.78, 5) is -0.197. The van der Waals surface area contributed by atoms with E-state index in [0.29, 0.717) is 4.31 Å². The fourth-order valence-corrected chi connectivity index (χ4v) is 3.72. The summed E-state index contributed by atoms with van der Waals surface area (Å²) < 4.78 is 63.9. The molecule has 1 aromatic heterocycles. The number of aryl methyl sites for hydroxylation is 2. The van der Waals surface area contributed by atoms with Crippen LogP contribution in [0.15, 0.2) is 4.90 Å². The van der Waals surface area contributed by atoms with Crippen molar-refractivity contribution >= 4 is 10.0 Å². The summed E-state index contributed by atoms with van der Waals surface area (Å²) in [5.41, 5.74) is 5.66. The molecule has 20 heavy (non-hydrogen) atoms. The minimum absolute atomic E-state index is 0.161. The van der Waals surface area contributed by atoms with E-state index in [-0.39, 0.29) is 22.8 Å². The van der Waals surface area contributed by atoms with Crippen LogP contribution < -0.4 is 5.73 Å². The molecular weight excluding hydrogens is 297 g/mol. The van der Waals surface area contributed by atoms with Gasteiger partial charge in [0, 0.05) is 20.1 Å². The Labute approximate surface area is 115 Å². The van der Waals surface area contributed by atoms with Gasteiger partial charge in [0.05, 0.1) is 11.4 Å².